The van der Waals surface area contributed by atoms with Crippen molar-refractivity contribution in [2.75, 3.05) is 23.3 Å². The van der Waals surface area contributed by atoms with Crippen molar-refractivity contribution in [2.45, 2.75) is 36.3 Å². The first kappa shape index (κ1) is 23.4. The van der Waals surface area contributed by atoms with E-state index in [0.717, 1.165) is 43.8 Å². The molecule has 2 heterocycles. The van der Waals surface area contributed by atoms with E-state index in [9.17, 15) is 18.0 Å². The van der Waals surface area contributed by atoms with Gasteiger partial charge in [-0.05, 0) is 44.0 Å². The number of nitrogens with zero attached hydrogens (tertiary/aromatic N) is 4. The predicted octanol–water partition coefficient (Wildman–Crippen LogP) is 5.66. The number of para-hydroxylation sites is 2. The van der Waals surface area contributed by atoms with Crippen LogP contribution in [0.2, 0.25) is 5.02 Å². The van der Waals surface area contributed by atoms with Crippen LogP contribution >= 0.6 is 23.4 Å². The molecule has 1 aliphatic rings. The Kier molecular flexibility index (Phi) is 6.85. The van der Waals surface area contributed by atoms with E-state index in [-0.39, 0.29) is 5.69 Å². The topological polar surface area (TPSA) is 63.1 Å². The van der Waals surface area contributed by atoms with Crippen LogP contribution in [0, 0.1) is 0 Å². The summed E-state index contributed by atoms with van der Waals surface area (Å²) in [6.45, 7) is 3.27. The smallest absolute Gasteiger partial charge is 0.341 e. The molecule has 0 spiro atoms. The van der Waals surface area contributed by atoms with E-state index in [1.165, 1.54) is 18.2 Å². The van der Waals surface area contributed by atoms with Gasteiger partial charge < -0.3 is 10.2 Å². The minimum absolute atomic E-state index is 0.284. The molecule has 11 heteroatoms. The molecule has 6 nitrogen and oxygen atoms in total. The Morgan fingerprint density at radius 1 is 1.09 bits per heavy atom. The van der Waals surface area contributed by atoms with Crippen molar-refractivity contribution in [3.8, 4) is 5.69 Å². The van der Waals surface area contributed by atoms with Gasteiger partial charge in [0, 0.05) is 13.1 Å². The minimum Gasteiger partial charge on any atom is -0.341 e. The zero-order valence-corrected chi connectivity index (χ0v) is 19.2. The molecule has 1 unspecified atom stereocenters. The average Bonchev–Trinajstić information content (AvgIpc) is 3.44. The van der Waals surface area contributed by atoms with Crippen LogP contribution in [0.15, 0.2) is 53.7 Å². The van der Waals surface area contributed by atoms with Crippen molar-refractivity contribution >= 4 is 40.9 Å². The number of carbonyl (C=O) groups is 1. The fraction of sp³-hybridized carbons (Fsp3) is 0.318. The van der Waals surface area contributed by atoms with Gasteiger partial charge in [0.2, 0.25) is 11.9 Å². The quantitative estimate of drug-likeness (QED) is 0.447. The molecule has 1 aromatic heterocycles. The summed E-state index contributed by atoms with van der Waals surface area (Å²) in [5, 5.41) is 11.2. The number of hydrogen-bond acceptors (Lipinski definition) is 5. The molecule has 1 aliphatic heterocycles. The lowest BCUT2D eigenvalue weighted by Crippen LogP contribution is -2.25. The fourth-order valence-electron chi connectivity index (χ4n) is 3.59. The number of benzene rings is 2. The Labute approximate surface area is 198 Å². The highest BCUT2D eigenvalue weighted by atomic mass is 35.5. The number of amides is 1. The lowest BCUT2D eigenvalue weighted by atomic mass is 10.1. The van der Waals surface area contributed by atoms with Crippen LogP contribution in [-0.2, 0) is 11.0 Å². The van der Waals surface area contributed by atoms with Crippen molar-refractivity contribution in [3.63, 3.8) is 0 Å². The number of aromatic nitrogens is 3. The number of hydrogen-bond donors (Lipinski definition) is 1. The average molecular weight is 496 g/mol. The molecule has 0 bridgehead atoms. The summed E-state index contributed by atoms with van der Waals surface area (Å²) >= 11 is 7.55. The van der Waals surface area contributed by atoms with Crippen LogP contribution in [0.1, 0.15) is 25.3 Å². The van der Waals surface area contributed by atoms with E-state index in [0.29, 0.717) is 21.8 Å². The number of halogens is 4. The summed E-state index contributed by atoms with van der Waals surface area (Å²) in [6.07, 6.45) is -2.50. The van der Waals surface area contributed by atoms with Gasteiger partial charge in [-0.3, -0.25) is 9.36 Å². The van der Waals surface area contributed by atoms with Gasteiger partial charge in [-0.1, -0.05) is 47.6 Å². The van der Waals surface area contributed by atoms with Gasteiger partial charge in [0.25, 0.3) is 0 Å². The molecule has 4 rings (SSSR count). The maximum atomic E-state index is 13.3. The molecule has 174 valence electrons. The zero-order chi connectivity index (χ0) is 23.6. The number of thioether (sulfide) groups is 1. The highest BCUT2D eigenvalue weighted by Gasteiger charge is 2.34. The molecule has 0 radical (unpaired) electrons. The number of anilines is 2. The third-order valence-corrected chi connectivity index (χ3v) is 6.60. The zero-order valence-electron chi connectivity index (χ0n) is 17.6. The van der Waals surface area contributed by atoms with Crippen LogP contribution in [0.5, 0.6) is 0 Å². The highest BCUT2D eigenvalue weighted by molar-refractivity contribution is 8.00. The molecule has 2 aromatic carbocycles. The lowest BCUT2D eigenvalue weighted by molar-refractivity contribution is -0.137. The Bertz CT molecular complexity index is 1150. The molecule has 0 saturated carbocycles. The molecular formula is C22H21ClF3N5OS. The van der Waals surface area contributed by atoms with Crippen LogP contribution in [0.25, 0.3) is 5.69 Å². The van der Waals surface area contributed by atoms with E-state index >= 15 is 0 Å². The molecule has 1 N–H and O–H groups in total. The Hall–Kier alpha value is -2.72. The summed E-state index contributed by atoms with van der Waals surface area (Å²) in [5.74, 6) is 0.0475. The molecule has 1 amide bonds. The third kappa shape index (κ3) is 5.11. The largest absolute Gasteiger partial charge is 0.418 e. The normalized spacial score (nSPS) is 15.0. The minimum atomic E-state index is -4.57. The molecule has 3 aromatic rings. The fourth-order valence-corrected chi connectivity index (χ4v) is 4.67. The SMILES string of the molecule is CC(Sc1nnc(N2CCCC2)n1-c1ccccc1Cl)C(=O)Nc1ccccc1C(F)(F)F. The molecule has 1 atom stereocenters. The van der Waals surface area contributed by atoms with E-state index in [4.69, 9.17) is 11.6 Å². The Morgan fingerprint density at radius 3 is 2.45 bits per heavy atom. The monoisotopic (exact) mass is 495 g/mol. The van der Waals surface area contributed by atoms with E-state index in [1.807, 2.05) is 18.2 Å². The summed E-state index contributed by atoms with van der Waals surface area (Å²) < 4.78 is 41.6. The van der Waals surface area contributed by atoms with Gasteiger partial charge in [-0.2, -0.15) is 13.2 Å². The van der Waals surface area contributed by atoms with E-state index < -0.39 is 22.9 Å². The number of nitrogens with one attached hydrogen (secondary N) is 1. The second kappa shape index (κ2) is 9.64. The molecule has 1 saturated heterocycles. The Balaban J connectivity index is 1.60. The summed E-state index contributed by atoms with van der Waals surface area (Å²) in [7, 11) is 0. The lowest BCUT2D eigenvalue weighted by Gasteiger charge is -2.20. The maximum Gasteiger partial charge on any atom is 0.418 e. The van der Waals surface area contributed by atoms with Crippen molar-refractivity contribution in [2.24, 2.45) is 0 Å². The second-order valence-electron chi connectivity index (χ2n) is 7.56. The van der Waals surface area contributed by atoms with Crippen LogP contribution in [0.3, 0.4) is 0 Å². The Morgan fingerprint density at radius 2 is 1.76 bits per heavy atom. The molecule has 0 aliphatic carbocycles. The summed E-state index contributed by atoms with van der Waals surface area (Å²) in [5.41, 5.74) is -0.512. The van der Waals surface area contributed by atoms with Crippen LogP contribution in [-0.4, -0.2) is 39.0 Å². The van der Waals surface area contributed by atoms with Crippen molar-refractivity contribution < 1.29 is 18.0 Å². The van der Waals surface area contributed by atoms with Gasteiger partial charge in [0.1, 0.15) is 0 Å². The van der Waals surface area contributed by atoms with E-state index in [1.54, 1.807) is 17.6 Å². The van der Waals surface area contributed by atoms with E-state index in [2.05, 4.69) is 20.4 Å². The van der Waals surface area contributed by atoms with Gasteiger partial charge >= 0.3 is 6.18 Å². The number of alkyl halides is 3. The molecular weight excluding hydrogens is 475 g/mol. The van der Waals surface area contributed by atoms with Gasteiger partial charge in [0.05, 0.1) is 27.2 Å². The first-order valence-corrected chi connectivity index (χ1v) is 11.6. The third-order valence-electron chi connectivity index (χ3n) is 5.24. The van der Waals surface area contributed by atoms with Crippen LogP contribution < -0.4 is 10.2 Å². The van der Waals surface area contributed by atoms with Gasteiger partial charge in [-0.25, -0.2) is 0 Å². The van der Waals surface area contributed by atoms with Gasteiger partial charge in [-0.15, -0.1) is 10.2 Å². The second-order valence-corrected chi connectivity index (χ2v) is 9.27. The number of rotatable bonds is 6. The molecule has 33 heavy (non-hydrogen) atoms. The first-order valence-electron chi connectivity index (χ1n) is 10.3. The predicted molar refractivity (Wildman–Crippen MR) is 123 cm³/mol. The first-order chi connectivity index (χ1) is 15.8. The van der Waals surface area contributed by atoms with Crippen molar-refractivity contribution in [1.29, 1.82) is 0 Å². The van der Waals surface area contributed by atoms with Gasteiger partial charge in [0.15, 0.2) is 5.16 Å². The maximum absolute atomic E-state index is 13.3. The summed E-state index contributed by atoms with van der Waals surface area (Å²) in [6, 6.07) is 12.1. The summed E-state index contributed by atoms with van der Waals surface area (Å²) in [4.78, 5) is 14.9. The molecule has 1 fully saturated rings. The number of carbonyl (C=O) groups excluding carboxylic acids is 1. The van der Waals surface area contributed by atoms with Crippen molar-refractivity contribution in [1.82, 2.24) is 14.8 Å². The standard InChI is InChI=1S/C22H21ClF3N5OS/c1-14(19(32)27-17-10-4-2-8-15(17)22(24,25)26)33-21-29-28-20(30-12-6-7-13-30)31(21)18-11-5-3-9-16(18)23/h2-5,8-11,14H,6-7,12-13H2,1H3,(H,27,32). The van der Waals surface area contributed by atoms with Crippen molar-refractivity contribution in [3.05, 3.63) is 59.1 Å². The van der Waals surface area contributed by atoms with Crippen LogP contribution in [0.4, 0.5) is 24.8 Å². The highest BCUT2D eigenvalue weighted by Crippen LogP contribution is 2.36.